The van der Waals surface area contributed by atoms with E-state index >= 15 is 0 Å². The average Bonchev–Trinajstić information content (AvgIpc) is 3.46. The summed E-state index contributed by atoms with van der Waals surface area (Å²) in [4.78, 5) is 0.236. The molecule has 6 nitrogen and oxygen atoms in total. The van der Waals surface area contributed by atoms with E-state index in [-0.39, 0.29) is 24.1 Å². The van der Waals surface area contributed by atoms with Crippen molar-refractivity contribution in [1.29, 1.82) is 0 Å². The molecule has 2 heterocycles. The lowest BCUT2D eigenvalue weighted by Crippen LogP contribution is -2.43. The van der Waals surface area contributed by atoms with Crippen molar-refractivity contribution in [1.82, 2.24) is 8.87 Å². The molecule has 0 bridgehead atoms. The van der Waals surface area contributed by atoms with Gasteiger partial charge in [0.1, 0.15) is 0 Å². The summed E-state index contributed by atoms with van der Waals surface area (Å²) in [6, 6.07) is 23.1. The minimum absolute atomic E-state index is 0.00307. The highest BCUT2D eigenvalue weighted by molar-refractivity contribution is 7.89. The quantitative estimate of drug-likeness (QED) is 0.409. The van der Waals surface area contributed by atoms with Crippen molar-refractivity contribution in [2.45, 2.75) is 43.4 Å². The van der Waals surface area contributed by atoms with Gasteiger partial charge in [-0.1, -0.05) is 54.1 Å². The second kappa shape index (κ2) is 9.50. The number of fused-ring (bicyclic) bond motifs is 3. The summed E-state index contributed by atoms with van der Waals surface area (Å²) in [5.41, 5.74) is 3.04. The molecule has 1 aliphatic rings. The van der Waals surface area contributed by atoms with E-state index in [1.54, 1.807) is 24.3 Å². The highest BCUT2D eigenvalue weighted by atomic mass is 32.2. The zero-order chi connectivity index (χ0) is 23.7. The zero-order valence-electron chi connectivity index (χ0n) is 19.3. The summed E-state index contributed by atoms with van der Waals surface area (Å²) in [6.45, 7) is 3.10. The molecule has 5 rings (SSSR count). The second-order valence-electron chi connectivity index (χ2n) is 9.07. The fourth-order valence-corrected chi connectivity index (χ4v) is 6.36. The molecule has 3 aromatic carbocycles. The van der Waals surface area contributed by atoms with E-state index in [2.05, 4.69) is 16.7 Å². The van der Waals surface area contributed by atoms with Gasteiger partial charge in [0.15, 0.2) is 0 Å². The van der Waals surface area contributed by atoms with Crippen LogP contribution in [-0.4, -0.2) is 54.3 Å². The molecule has 7 heteroatoms. The molecule has 1 aromatic heterocycles. The van der Waals surface area contributed by atoms with Crippen LogP contribution >= 0.6 is 0 Å². The van der Waals surface area contributed by atoms with Gasteiger partial charge in [0.05, 0.1) is 23.6 Å². The Morgan fingerprint density at radius 2 is 1.62 bits per heavy atom. The summed E-state index contributed by atoms with van der Waals surface area (Å²) in [6.07, 6.45) is 0.706. The first-order chi connectivity index (χ1) is 16.4. The second-order valence-corrected chi connectivity index (χ2v) is 11.0. The monoisotopic (exact) mass is 478 g/mol. The molecule has 178 valence electrons. The number of aliphatic hydroxyl groups is 1. The molecule has 1 aliphatic heterocycles. The van der Waals surface area contributed by atoms with Crippen LogP contribution in [0.1, 0.15) is 18.4 Å². The van der Waals surface area contributed by atoms with E-state index in [1.807, 2.05) is 43.3 Å². The van der Waals surface area contributed by atoms with Crippen molar-refractivity contribution < 1.29 is 18.3 Å². The largest absolute Gasteiger partial charge is 0.390 e. The maximum absolute atomic E-state index is 13.5. The van der Waals surface area contributed by atoms with Crippen LogP contribution in [0, 0.1) is 6.92 Å². The topological polar surface area (TPSA) is 71.8 Å². The highest BCUT2D eigenvalue weighted by Crippen LogP contribution is 2.29. The molecule has 34 heavy (non-hydrogen) atoms. The van der Waals surface area contributed by atoms with Crippen LogP contribution in [0.3, 0.4) is 0 Å². The standard InChI is InChI=1S/C27H30N2O4S/c1-20-12-14-23(15-13-20)34(31,32)28(19-22-7-6-16-33-22)17-21(30)18-29-26-10-4-2-8-24(26)25-9-3-5-11-27(25)29/h2-5,8-15,21-22,30H,6-7,16-19H2,1H3. The van der Waals surface area contributed by atoms with E-state index in [1.165, 1.54) is 4.31 Å². The summed E-state index contributed by atoms with van der Waals surface area (Å²) >= 11 is 0. The van der Waals surface area contributed by atoms with E-state index in [9.17, 15) is 13.5 Å². The van der Waals surface area contributed by atoms with Gasteiger partial charge >= 0.3 is 0 Å². The Hall–Kier alpha value is -2.71. The molecule has 2 atom stereocenters. The van der Waals surface area contributed by atoms with Crippen molar-refractivity contribution >= 4 is 31.8 Å². The number of hydrogen-bond donors (Lipinski definition) is 1. The first-order valence-corrected chi connectivity index (χ1v) is 13.2. The van der Waals surface area contributed by atoms with Gasteiger partial charge in [-0.3, -0.25) is 0 Å². The number of rotatable bonds is 8. The highest BCUT2D eigenvalue weighted by Gasteiger charge is 2.31. The van der Waals surface area contributed by atoms with Crippen molar-refractivity contribution in [2.24, 2.45) is 0 Å². The van der Waals surface area contributed by atoms with Gasteiger partial charge in [-0.05, 0) is 44.0 Å². The Morgan fingerprint density at radius 1 is 1.00 bits per heavy atom. The normalized spacial score (nSPS) is 17.7. The van der Waals surface area contributed by atoms with Crippen molar-refractivity contribution in [2.75, 3.05) is 19.7 Å². The first kappa shape index (κ1) is 23.1. The van der Waals surface area contributed by atoms with E-state index in [0.717, 1.165) is 40.2 Å². The number of aryl methyl sites for hydroxylation is 1. The molecule has 0 saturated carbocycles. The molecule has 1 saturated heterocycles. The summed E-state index contributed by atoms with van der Waals surface area (Å²) < 4.78 is 36.3. The maximum Gasteiger partial charge on any atom is 0.243 e. The average molecular weight is 479 g/mol. The van der Waals surface area contributed by atoms with Crippen molar-refractivity contribution in [3.05, 3.63) is 78.4 Å². The molecule has 1 N–H and O–H groups in total. The number of sulfonamides is 1. The SMILES string of the molecule is Cc1ccc(S(=O)(=O)N(CC(O)Cn2c3ccccc3c3ccccc32)CC2CCCO2)cc1. The van der Waals surface area contributed by atoms with E-state index in [4.69, 9.17) is 4.74 Å². The molecule has 1 fully saturated rings. The van der Waals surface area contributed by atoms with Crippen molar-refractivity contribution in [3.63, 3.8) is 0 Å². The Kier molecular flexibility index (Phi) is 6.44. The van der Waals surface area contributed by atoms with Gasteiger partial charge in [0, 0.05) is 41.5 Å². The molecule has 0 spiro atoms. The van der Waals surface area contributed by atoms with E-state index in [0.29, 0.717) is 13.2 Å². The Labute approximate surface area is 200 Å². The minimum atomic E-state index is -3.78. The van der Waals surface area contributed by atoms with Gasteiger partial charge in [-0.15, -0.1) is 0 Å². The summed E-state index contributed by atoms with van der Waals surface area (Å²) in [5.74, 6) is 0. The predicted molar refractivity (Wildman–Crippen MR) is 134 cm³/mol. The minimum Gasteiger partial charge on any atom is -0.390 e. The molecule has 0 aliphatic carbocycles. The fraction of sp³-hybridized carbons (Fsp3) is 0.333. The van der Waals surface area contributed by atoms with Gasteiger partial charge < -0.3 is 14.4 Å². The van der Waals surface area contributed by atoms with Gasteiger partial charge in [0.2, 0.25) is 10.0 Å². The molecule has 4 aromatic rings. The lowest BCUT2D eigenvalue weighted by Gasteiger charge is -2.27. The Morgan fingerprint density at radius 3 is 2.21 bits per heavy atom. The van der Waals surface area contributed by atoms with Crippen LogP contribution in [0.25, 0.3) is 21.8 Å². The number of nitrogens with zero attached hydrogens (tertiary/aromatic N) is 2. The smallest absolute Gasteiger partial charge is 0.243 e. The third kappa shape index (κ3) is 4.49. The van der Waals surface area contributed by atoms with Crippen molar-refractivity contribution in [3.8, 4) is 0 Å². The van der Waals surface area contributed by atoms with Crippen LogP contribution < -0.4 is 0 Å². The maximum atomic E-state index is 13.5. The summed E-state index contributed by atoms with van der Waals surface area (Å²) in [5, 5.41) is 13.4. The van der Waals surface area contributed by atoms with Crippen LogP contribution in [0.5, 0.6) is 0 Å². The van der Waals surface area contributed by atoms with Gasteiger partial charge in [0.25, 0.3) is 0 Å². The number of aliphatic hydroxyl groups excluding tert-OH is 1. The molecule has 0 amide bonds. The van der Waals surface area contributed by atoms with Crippen LogP contribution in [0.15, 0.2) is 77.7 Å². The number of para-hydroxylation sites is 2. The third-order valence-electron chi connectivity index (χ3n) is 6.58. The lowest BCUT2D eigenvalue weighted by atomic mass is 10.2. The zero-order valence-corrected chi connectivity index (χ0v) is 20.1. The van der Waals surface area contributed by atoms with Crippen LogP contribution in [0.2, 0.25) is 0 Å². The number of ether oxygens (including phenoxy) is 1. The Bertz CT molecular complexity index is 1340. The first-order valence-electron chi connectivity index (χ1n) is 11.8. The van der Waals surface area contributed by atoms with Crippen LogP contribution in [-0.2, 0) is 21.3 Å². The molecular weight excluding hydrogens is 448 g/mol. The summed E-state index contributed by atoms with van der Waals surface area (Å²) in [7, 11) is -3.78. The Balaban J connectivity index is 1.45. The predicted octanol–water partition coefficient (Wildman–Crippen LogP) is 4.33. The van der Waals surface area contributed by atoms with E-state index < -0.39 is 16.1 Å². The van der Waals surface area contributed by atoms with Gasteiger partial charge in [-0.25, -0.2) is 8.42 Å². The number of aromatic nitrogens is 1. The molecule has 0 radical (unpaired) electrons. The van der Waals surface area contributed by atoms with Gasteiger partial charge in [-0.2, -0.15) is 4.31 Å². The number of hydrogen-bond acceptors (Lipinski definition) is 4. The molecule has 2 unspecified atom stereocenters. The fourth-order valence-electron chi connectivity index (χ4n) is 4.85. The lowest BCUT2D eigenvalue weighted by molar-refractivity contribution is 0.0751. The van der Waals surface area contributed by atoms with Crippen LogP contribution in [0.4, 0.5) is 0 Å². The third-order valence-corrected chi connectivity index (χ3v) is 8.42. The molecular formula is C27H30N2O4S. The number of benzene rings is 3.